The minimum atomic E-state index is 0.156. The largest absolute Gasteiger partial charge is 0.313 e. The maximum atomic E-state index is 10.0. The molecular weight excluding hydrogens is 763 g/mol. The summed E-state index contributed by atoms with van der Waals surface area (Å²) < 4.78 is 2.42. The number of aryl methyl sites for hydroxylation is 1. The summed E-state index contributed by atoms with van der Waals surface area (Å²) >= 11 is 0. The first-order chi connectivity index (χ1) is 31.2. The summed E-state index contributed by atoms with van der Waals surface area (Å²) in [5.74, 6) is 0.707. The third-order valence-corrected chi connectivity index (χ3v) is 14.6. The Balaban J connectivity index is 1.08. The number of benzene rings is 5. The molecule has 0 bridgehead atoms. The lowest BCUT2D eigenvalue weighted by molar-refractivity contribution is 0.625. The van der Waals surface area contributed by atoms with Gasteiger partial charge < -0.3 is 4.57 Å². The number of pyridine rings is 1. The van der Waals surface area contributed by atoms with Crippen LogP contribution < -0.4 is 10.4 Å². The molecule has 0 amide bonds. The van der Waals surface area contributed by atoms with Gasteiger partial charge in [-0.25, -0.2) is 4.98 Å². The zero-order valence-corrected chi connectivity index (χ0v) is 34.9. The van der Waals surface area contributed by atoms with Crippen molar-refractivity contribution in [2.75, 3.05) is 0 Å². The highest BCUT2D eigenvalue weighted by atomic mass is 15.0. The number of aromatic nitrogens is 2. The van der Waals surface area contributed by atoms with E-state index in [4.69, 9.17) is 4.98 Å². The molecule has 4 atom stereocenters. The van der Waals surface area contributed by atoms with Gasteiger partial charge in [-0.1, -0.05) is 146 Å². The van der Waals surface area contributed by atoms with Crippen LogP contribution in [0, 0.1) is 29.1 Å². The molecule has 3 heteroatoms. The first-order valence-corrected chi connectivity index (χ1v) is 22.5. The molecule has 298 valence electrons. The number of hydrogen-bond acceptors (Lipinski definition) is 2. The number of nitrogens with zero attached hydrogens (tertiary/aromatic N) is 3. The van der Waals surface area contributed by atoms with Crippen LogP contribution in [-0.4, -0.2) is 9.55 Å². The number of fused-ring (bicyclic) bond motifs is 12. The summed E-state index contributed by atoms with van der Waals surface area (Å²) in [6.45, 7) is 0. The molecule has 5 aromatic carbocycles. The number of hydrogen-bond donors (Lipinski definition) is 0. The van der Waals surface area contributed by atoms with Crippen molar-refractivity contribution in [3.63, 3.8) is 0 Å². The normalized spacial score (nSPS) is 20.9. The fourth-order valence-corrected chi connectivity index (χ4v) is 12.0. The van der Waals surface area contributed by atoms with Gasteiger partial charge in [0.25, 0.3) is 0 Å². The molecule has 6 aliphatic rings. The number of nitriles is 1. The second-order valence-corrected chi connectivity index (χ2v) is 17.8. The van der Waals surface area contributed by atoms with Gasteiger partial charge in [-0.05, 0) is 118 Å². The van der Waals surface area contributed by atoms with Crippen molar-refractivity contribution in [2.24, 2.45) is 17.8 Å². The molecule has 0 aliphatic heterocycles. The van der Waals surface area contributed by atoms with E-state index in [1.54, 1.807) is 0 Å². The maximum absolute atomic E-state index is 10.0. The lowest BCUT2D eigenvalue weighted by atomic mass is 9.62. The summed E-state index contributed by atoms with van der Waals surface area (Å²) in [6.07, 6.45) is 27.9. The Hall–Kier alpha value is -7.54. The van der Waals surface area contributed by atoms with E-state index in [1.165, 1.54) is 71.8 Å². The van der Waals surface area contributed by atoms with Crippen LogP contribution in [0.4, 0.5) is 0 Å². The fourth-order valence-electron chi connectivity index (χ4n) is 12.0. The Bertz CT molecular complexity index is 3470. The molecule has 0 N–H and O–H groups in total. The standard InChI is InChI=1S/C60H43N3/c61-36-37-27-31-54-50(33-37)51-34-40(29-32-55(51)63(54)41-18-5-2-6-19-41)56-45-23-11-13-25-47(45)57(48-26-14-12-24-46(48)56)52-35-53-58(44-22-10-9-21-43(44)52)49-30-28-38-15-7-8-20-42(38)60(49)62-59(53)39-16-3-1-4-17-39/h1-27,31,33-35,43-45,47H,28-30,32H2. The van der Waals surface area contributed by atoms with Crippen LogP contribution in [0.3, 0.4) is 0 Å². The molecule has 0 radical (unpaired) electrons. The number of allylic oxidation sites excluding steroid dienone is 10. The van der Waals surface area contributed by atoms with Gasteiger partial charge in [-0.2, -0.15) is 5.26 Å². The van der Waals surface area contributed by atoms with Gasteiger partial charge in [0.15, 0.2) is 0 Å². The zero-order valence-electron chi connectivity index (χ0n) is 34.9. The van der Waals surface area contributed by atoms with Crippen molar-refractivity contribution >= 4 is 34.2 Å². The lowest BCUT2D eigenvalue weighted by Crippen LogP contribution is -2.42. The summed E-state index contributed by atoms with van der Waals surface area (Å²) in [5, 5.41) is 13.8. The first-order valence-electron chi connectivity index (χ1n) is 22.5. The van der Waals surface area contributed by atoms with Gasteiger partial charge in [-0.3, -0.25) is 0 Å². The highest BCUT2D eigenvalue weighted by Gasteiger charge is 2.41. The Morgan fingerprint density at radius 1 is 0.571 bits per heavy atom. The molecule has 13 rings (SSSR count). The van der Waals surface area contributed by atoms with Crippen molar-refractivity contribution in [3.8, 4) is 34.3 Å². The molecule has 3 nitrogen and oxygen atoms in total. The predicted molar refractivity (Wildman–Crippen MR) is 257 cm³/mol. The third kappa shape index (κ3) is 5.47. The van der Waals surface area contributed by atoms with Crippen LogP contribution in [0.5, 0.6) is 0 Å². The van der Waals surface area contributed by atoms with Gasteiger partial charge >= 0.3 is 0 Å². The Morgan fingerprint density at radius 2 is 1.25 bits per heavy atom. The van der Waals surface area contributed by atoms with Crippen LogP contribution in [-0.2, 0) is 19.3 Å². The minimum absolute atomic E-state index is 0.156. The van der Waals surface area contributed by atoms with E-state index in [1.807, 2.05) is 6.07 Å². The zero-order chi connectivity index (χ0) is 41.6. The SMILES string of the molecule is N#Cc1ccc2c(c1)c1c(n2-c2ccccc2)CCC(C2=c3ccccc3=C(C3=Cc4c(-c5ccccc5)nc5c(c4C4C=CC=CC34)CCc3ccccc3-5)C3C=CC=CC23)=C1. The van der Waals surface area contributed by atoms with Crippen molar-refractivity contribution in [3.05, 3.63) is 237 Å². The van der Waals surface area contributed by atoms with Gasteiger partial charge in [0.2, 0.25) is 0 Å². The van der Waals surface area contributed by atoms with E-state index in [2.05, 4.69) is 193 Å². The molecule has 0 spiro atoms. The monoisotopic (exact) mass is 805 g/mol. The molecule has 6 aliphatic carbocycles. The van der Waals surface area contributed by atoms with E-state index >= 15 is 0 Å². The van der Waals surface area contributed by atoms with Gasteiger partial charge in [-0.15, -0.1) is 0 Å². The Labute approximate surface area is 367 Å². The van der Waals surface area contributed by atoms with Crippen LogP contribution in [0.2, 0.25) is 0 Å². The van der Waals surface area contributed by atoms with Crippen molar-refractivity contribution in [1.29, 1.82) is 5.26 Å². The molecule has 2 heterocycles. The van der Waals surface area contributed by atoms with Crippen molar-refractivity contribution in [1.82, 2.24) is 9.55 Å². The van der Waals surface area contributed by atoms with Gasteiger partial charge in [0.1, 0.15) is 0 Å². The average Bonchev–Trinajstić information content (AvgIpc) is 3.68. The summed E-state index contributed by atoms with van der Waals surface area (Å²) in [5.41, 5.74) is 21.4. The average molecular weight is 806 g/mol. The Morgan fingerprint density at radius 3 is 2.05 bits per heavy atom. The van der Waals surface area contributed by atoms with Crippen LogP contribution in [0.15, 0.2) is 187 Å². The quantitative estimate of drug-likeness (QED) is 0.178. The lowest BCUT2D eigenvalue weighted by Gasteiger charge is -2.41. The van der Waals surface area contributed by atoms with Crippen molar-refractivity contribution < 1.29 is 0 Å². The topological polar surface area (TPSA) is 41.6 Å². The Kier molecular flexibility index (Phi) is 8.18. The minimum Gasteiger partial charge on any atom is -0.313 e. The molecule has 63 heavy (non-hydrogen) atoms. The number of rotatable bonds is 4. The smallest absolute Gasteiger partial charge is 0.0991 e. The molecule has 0 saturated carbocycles. The highest BCUT2D eigenvalue weighted by molar-refractivity contribution is 5.98. The van der Waals surface area contributed by atoms with Crippen LogP contribution >= 0.6 is 0 Å². The summed E-state index contributed by atoms with van der Waals surface area (Å²) in [4.78, 5) is 5.67. The van der Waals surface area contributed by atoms with Gasteiger partial charge in [0, 0.05) is 62.7 Å². The fraction of sp³-hybridized carbons (Fsp3) is 0.133. The van der Waals surface area contributed by atoms with Gasteiger partial charge in [0.05, 0.1) is 28.5 Å². The van der Waals surface area contributed by atoms with E-state index in [0.717, 1.165) is 59.2 Å². The maximum Gasteiger partial charge on any atom is 0.0991 e. The number of para-hydroxylation sites is 1. The second kappa shape index (κ2) is 14.3. The highest BCUT2D eigenvalue weighted by Crippen LogP contribution is 2.54. The molecule has 2 aromatic heterocycles. The van der Waals surface area contributed by atoms with E-state index in [-0.39, 0.29) is 23.7 Å². The van der Waals surface area contributed by atoms with E-state index < -0.39 is 0 Å². The van der Waals surface area contributed by atoms with E-state index in [9.17, 15) is 5.26 Å². The summed E-state index contributed by atoms with van der Waals surface area (Å²) in [6, 6.07) is 48.3. The predicted octanol–water partition coefficient (Wildman–Crippen LogP) is 12.0. The first kappa shape index (κ1) is 36.1. The van der Waals surface area contributed by atoms with Crippen LogP contribution in [0.25, 0.3) is 62.4 Å². The molecule has 7 aromatic rings. The van der Waals surface area contributed by atoms with Crippen LogP contribution in [0.1, 0.15) is 51.4 Å². The van der Waals surface area contributed by atoms with Crippen molar-refractivity contribution in [2.45, 2.75) is 31.6 Å². The molecular formula is C60H43N3. The summed E-state index contributed by atoms with van der Waals surface area (Å²) in [7, 11) is 0. The molecule has 4 unspecified atom stereocenters. The molecule has 0 fully saturated rings. The second-order valence-electron chi connectivity index (χ2n) is 17.8. The molecule has 0 saturated heterocycles. The van der Waals surface area contributed by atoms with E-state index in [0.29, 0.717) is 5.56 Å². The third-order valence-electron chi connectivity index (χ3n) is 14.6.